The van der Waals surface area contributed by atoms with Gasteiger partial charge >= 0.3 is 0 Å². The van der Waals surface area contributed by atoms with E-state index in [9.17, 15) is 0 Å². The molecular formula is C3H10N6. The minimum atomic E-state index is 0.317. The molecule has 0 aliphatic carbocycles. The van der Waals surface area contributed by atoms with E-state index in [1.165, 1.54) is 10.0 Å². The Balaban J connectivity index is 2.79. The number of hydrazine groups is 2. The zero-order chi connectivity index (χ0) is 7.02. The van der Waals surface area contributed by atoms with Gasteiger partial charge in [-0.25, -0.2) is 11.7 Å². The van der Waals surface area contributed by atoms with Crippen LogP contribution in [0.1, 0.15) is 0 Å². The summed E-state index contributed by atoms with van der Waals surface area (Å²) in [5, 5.41) is 2.55. The molecule has 0 amide bonds. The Bertz CT molecular complexity index is 134. The summed E-state index contributed by atoms with van der Waals surface area (Å²) in [7, 11) is 0. The molecule has 9 heavy (non-hydrogen) atoms. The summed E-state index contributed by atoms with van der Waals surface area (Å²) >= 11 is 0. The van der Waals surface area contributed by atoms with Gasteiger partial charge in [-0.05, 0) is 0 Å². The number of nitrogens with two attached hydrogens (primary N) is 4. The van der Waals surface area contributed by atoms with E-state index < -0.39 is 0 Å². The molecule has 1 aliphatic rings. The topological polar surface area (TPSA) is 111 Å². The second kappa shape index (κ2) is 1.67. The maximum Gasteiger partial charge on any atom is 0.157 e. The molecule has 0 saturated carbocycles. The molecule has 8 N–H and O–H groups in total. The van der Waals surface area contributed by atoms with Gasteiger partial charge in [-0.2, -0.15) is 0 Å². The molecule has 6 heteroatoms. The van der Waals surface area contributed by atoms with E-state index in [-0.39, 0.29) is 0 Å². The van der Waals surface area contributed by atoms with Gasteiger partial charge in [0.1, 0.15) is 6.67 Å². The molecule has 1 rings (SSSR count). The fraction of sp³-hybridized carbons (Fsp3) is 0.333. The van der Waals surface area contributed by atoms with Crippen molar-refractivity contribution >= 4 is 0 Å². The van der Waals surface area contributed by atoms with Crippen LogP contribution in [-0.4, -0.2) is 16.7 Å². The molecule has 0 unspecified atom stereocenters. The smallest absolute Gasteiger partial charge is 0.157 e. The molecule has 1 heterocycles. The molecule has 0 aromatic heterocycles. The van der Waals surface area contributed by atoms with Crippen LogP contribution in [0.2, 0.25) is 0 Å². The molecule has 0 saturated heterocycles. The van der Waals surface area contributed by atoms with E-state index in [0.717, 1.165) is 0 Å². The second-order valence-electron chi connectivity index (χ2n) is 1.85. The third-order valence-electron chi connectivity index (χ3n) is 1.19. The van der Waals surface area contributed by atoms with Gasteiger partial charge in [0.05, 0.1) is 0 Å². The number of hydrogen-bond acceptors (Lipinski definition) is 6. The van der Waals surface area contributed by atoms with Crippen LogP contribution < -0.4 is 23.2 Å². The molecule has 0 atom stereocenters. The van der Waals surface area contributed by atoms with Gasteiger partial charge in [-0.1, -0.05) is 0 Å². The lowest BCUT2D eigenvalue weighted by Gasteiger charge is -2.12. The zero-order valence-corrected chi connectivity index (χ0v) is 4.91. The van der Waals surface area contributed by atoms with Crippen molar-refractivity contribution in [3.63, 3.8) is 0 Å². The van der Waals surface area contributed by atoms with Gasteiger partial charge in [-0.15, -0.1) is 0 Å². The largest absolute Gasteiger partial charge is 0.381 e. The first-order valence-electron chi connectivity index (χ1n) is 2.42. The van der Waals surface area contributed by atoms with Crippen molar-refractivity contribution < 1.29 is 0 Å². The number of nitrogens with zero attached hydrogens (tertiary/aromatic N) is 2. The molecular weight excluding hydrogens is 120 g/mol. The van der Waals surface area contributed by atoms with Gasteiger partial charge in [0.15, 0.2) is 11.6 Å². The lowest BCUT2D eigenvalue weighted by molar-refractivity contribution is 0.254. The van der Waals surface area contributed by atoms with E-state index in [2.05, 4.69) is 0 Å². The molecule has 0 fully saturated rings. The highest BCUT2D eigenvalue weighted by molar-refractivity contribution is 5.08. The Hall–Kier alpha value is -1.14. The van der Waals surface area contributed by atoms with Crippen LogP contribution in [0.3, 0.4) is 0 Å². The first kappa shape index (κ1) is 5.99. The SMILES string of the molecule is NC1=C(N)N(N)CN1N. The van der Waals surface area contributed by atoms with Crippen LogP contribution in [-0.2, 0) is 0 Å². The van der Waals surface area contributed by atoms with Crippen molar-refractivity contribution in [1.82, 2.24) is 10.0 Å². The van der Waals surface area contributed by atoms with Crippen LogP contribution >= 0.6 is 0 Å². The van der Waals surface area contributed by atoms with Crippen LogP contribution in [0.15, 0.2) is 11.6 Å². The van der Waals surface area contributed by atoms with Gasteiger partial charge < -0.3 is 11.5 Å². The van der Waals surface area contributed by atoms with Crippen molar-refractivity contribution in [1.29, 1.82) is 0 Å². The van der Waals surface area contributed by atoms with E-state index in [1.807, 2.05) is 0 Å². The Kier molecular flexibility index (Phi) is 1.11. The lowest BCUT2D eigenvalue weighted by atomic mass is 10.7. The molecule has 0 spiro atoms. The Morgan fingerprint density at radius 2 is 1.33 bits per heavy atom. The summed E-state index contributed by atoms with van der Waals surface area (Å²) in [5.74, 6) is 11.2. The van der Waals surface area contributed by atoms with E-state index in [1.54, 1.807) is 0 Å². The maximum atomic E-state index is 5.35. The second-order valence-corrected chi connectivity index (χ2v) is 1.85. The standard InChI is InChI=1S/C3H10N6/c4-2-3(5)9(7)1-8(2)6/h1,4-7H2. The van der Waals surface area contributed by atoms with Gasteiger partial charge in [-0.3, -0.25) is 10.0 Å². The van der Waals surface area contributed by atoms with Crippen LogP contribution in [0.5, 0.6) is 0 Å². The van der Waals surface area contributed by atoms with Crippen molar-refractivity contribution in [2.75, 3.05) is 6.67 Å². The minimum Gasteiger partial charge on any atom is -0.381 e. The first-order chi connectivity index (χ1) is 4.13. The molecule has 52 valence electrons. The van der Waals surface area contributed by atoms with Crippen LogP contribution in [0.4, 0.5) is 0 Å². The zero-order valence-electron chi connectivity index (χ0n) is 4.91. The Morgan fingerprint density at radius 3 is 1.44 bits per heavy atom. The Morgan fingerprint density at radius 1 is 1.00 bits per heavy atom. The van der Waals surface area contributed by atoms with E-state index >= 15 is 0 Å². The normalized spacial score (nSPS) is 19.8. The fourth-order valence-corrected chi connectivity index (χ4v) is 0.611. The summed E-state index contributed by atoms with van der Waals surface area (Å²) in [4.78, 5) is 0. The highest BCUT2D eigenvalue weighted by Gasteiger charge is 2.19. The third kappa shape index (κ3) is 0.734. The minimum absolute atomic E-state index is 0.317. The molecule has 1 aliphatic heterocycles. The summed E-state index contributed by atoms with van der Waals surface area (Å²) in [5.41, 5.74) is 10.7. The Labute approximate surface area is 52.6 Å². The summed E-state index contributed by atoms with van der Waals surface area (Å²) in [6.07, 6.45) is 0. The summed E-state index contributed by atoms with van der Waals surface area (Å²) in [6, 6.07) is 0. The number of hydrogen-bond donors (Lipinski definition) is 4. The average Bonchev–Trinajstić information content (AvgIpc) is 1.98. The summed E-state index contributed by atoms with van der Waals surface area (Å²) < 4.78 is 0. The highest BCUT2D eigenvalue weighted by Crippen LogP contribution is 2.06. The van der Waals surface area contributed by atoms with Gasteiger partial charge in [0, 0.05) is 0 Å². The molecule has 6 nitrogen and oxygen atoms in total. The molecule has 0 aromatic carbocycles. The molecule has 0 radical (unpaired) electrons. The van der Waals surface area contributed by atoms with Gasteiger partial charge in [0.2, 0.25) is 0 Å². The maximum absolute atomic E-state index is 5.35. The molecule has 0 bridgehead atoms. The highest BCUT2D eigenvalue weighted by atomic mass is 15.6. The van der Waals surface area contributed by atoms with Crippen molar-refractivity contribution in [3.05, 3.63) is 11.6 Å². The average molecular weight is 130 g/mol. The fourth-order valence-electron chi connectivity index (χ4n) is 0.611. The quantitative estimate of drug-likeness (QED) is 0.267. The van der Waals surface area contributed by atoms with Gasteiger partial charge in [0.25, 0.3) is 0 Å². The van der Waals surface area contributed by atoms with Crippen molar-refractivity contribution in [2.45, 2.75) is 0 Å². The molecule has 0 aromatic rings. The van der Waals surface area contributed by atoms with E-state index in [4.69, 9.17) is 23.2 Å². The number of rotatable bonds is 0. The lowest BCUT2D eigenvalue weighted by Crippen LogP contribution is -2.38. The predicted octanol–water partition coefficient (Wildman–Crippen LogP) is -2.65. The van der Waals surface area contributed by atoms with Crippen LogP contribution in [0.25, 0.3) is 0 Å². The van der Waals surface area contributed by atoms with Crippen LogP contribution in [0, 0.1) is 0 Å². The van der Waals surface area contributed by atoms with E-state index in [0.29, 0.717) is 18.3 Å². The predicted molar refractivity (Wildman–Crippen MR) is 32.3 cm³/mol. The third-order valence-corrected chi connectivity index (χ3v) is 1.19. The van der Waals surface area contributed by atoms with Crippen molar-refractivity contribution in [2.24, 2.45) is 23.2 Å². The summed E-state index contributed by atoms with van der Waals surface area (Å²) in [6.45, 7) is 0.345. The monoisotopic (exact) mass is 130 g/mol. The van der Waals surface area contributed by atoms with Crippen molar-refractivity contribution in [3.8, 4) is 0 Å². The first-order valence-corrected chi connectivity index (χ1v) is 2.42.